The molecule has 0 aromatic heterocycles. The highest BCUT2D eigenvalue weighted by atomic mass is 19.4. The van der Waals surface area contributed by atoms with Crippen LogP contribution in [-0.4, -0.2) is 19.3 Å². The van der Waals surface area contributed by atoms with E-state index in [1.807, 2.05) is 13.8 Å². The molecule has 0 fully saturated rings. The summed E-state index contributed by atoms with van der Waals surface area (Å²) in [5, 5.41) is 2.73. The van der Waals surface area contributed by atoms with Crippen molar-refractivity contribution in [1.29, 1.82) is 0 Å². The molecular weight excluding hydrogens is 231 g/mol. The molecule has 0 spiro atoms. The van der Waals surface area contributed by atoms with Gasteiger partial charge >= 0.3 is 6.18 Å². The van der Waals surface area contributed by atoms with Gasteiger partial charge in [-0.1, -0.05) is 12.1 Å². The van der Waals surface area contributed by atoms with Crippen molar-refractivity contribution in [2.75, 3.05) is 18.5 Å². The van der Waals surface area contributed by atoms with Crippen LogP contribution in [0.2, 0.25) is 0 Å². The second kappa shape index (κ2) is 5.91. The summed E-state index contributed by atoms with van der Waals surface area (Å²) in [7, 11) is 0. The molecule has 0 aliphatic heterocycles. The maximum Gasteiger partial charge on any atom is 0.418 e. The van der Waals surface area contributed by atoms with Gasteiger partial charge in [-0.25, -0.2) is 0 Å². The SMILES string of the molecule is CC(C)OCCNc1ccccc1C(F)(F)F. The lowest BCUT2D eigenvalue weighted by molar-refractivity contribution is -0.137. The Labute approximate surface area is 98.8 Å². The van der Waals surface area contributed by atoms with Crippen LogP contribution < -0.4 is 5.32 Å². The second-order valence-electron chi connectivity index (χ2n) is 3.89. The van der Waals surface area contributed by atoms with Crippen LogP contribution in [0.15, 0.2) is 24.3 Å². The van der Waals surface area contributed by atoms with Gasteiger partial charge in [0.25, 0.3) is 0 Å². The molecule has 5 heteroatoms. The predicted octanol–water partition coefficient (Wildman–Crippen LogP) is 3.54. The van der Waals surface area contributed by atoms with Crippen LogP contribution in [0, 0.1) is 0 Å². The van der Waals surface area contributed by atoms with Crippen LogP contribution in [0.25, 0.3) is 0 Å². The number of para-hydroxylation sites is 1. The molecular formula is C12H16F3NO. The molecule has 0 heterocycles. The number of hydrogen-bond acceptors (Lipinski definition) is 2. The largest absolute Gasteiger partial charge is 0.418 e. The number of anilines is 1. The lowest BCUT2D eigenvalue weighted by atomic mass is 10.1. The van der Waals surface area contributed by atoms with Crippen molar-refractivity contribution < 1.29 is 17.9 Å². The molecule has 0 bridgehead atoms. The summed E-state index contributed by atoms with van der Waals surface area (Å²) in [5.41, 5.74) is -0.558. The molecule has 0 amide bonds. The number of benzene rings is 1. The Morgan fingerprint density at radius 3 is 2.47 bits per heavy atom. The van der Waals surface area contributed by atoms with E-state index in [0.717, 1.165) is 6.07 Å². The van der Waals surface area contributed by atoms with E-state index in [1.54, 1.807) is 6.07 Å². The van der Waals surface area contributed by atoms with Crippen LogP contribution >= 0.6 is 0 Å². The Kier molecular flexibility index (Phi) is 4.81. The Hall–Kier alpha value is -1.23. The third-order valence-corrected chi connectivity index (χ3v) is 2.10. The molecule has 0 saturated carbocycles. The van der Waals surface area contributed by atoms with Gasteiger partial charge in [0, 0.05) is 12.2 Å². The van der Waals surface area contributed by atoms with Crippen LogP contribution in [0.1, 0.15) is 19.4 Å². The van der Waals surface area contributed by atoms with Crippen molar-refractivity contribution >= 4 is 5.69 Å². The van der Waals surface area contributed by atoms with Crippen LogP contribution in [0.5, 0.6) is 0 Å². The average molecular weight is 247 g/mol. The fourth-order valence-electron chi connectivity index (χ4n) is 1.36. The molecule has 96 valence electrons. The minimum atomic E-state index is -4.33. The number of nitrogens with one attached hydrogen (secondary N) is 1. The van der Waals surface area contributed by atoms with Gasteiger partial charge in [-0.15, -0.1) is 0 Å². The van der Waals surface area contributed by atoms with E-state index in [9.17, 15) is 13.2 Å². The summed E-state index contributed by atoms with van der Waals surface area (Å²) < 4.78 is 43.1. The van der Waals surface area contributed by atoms with E-state index in [0.29, 0.717) is 13.2 Å². The highest BCUT2D eigenvalue weighted by Gasteiger charge is 2.32. The minimum absolute atomic E-state index is 0.0784. The van der Waals surface area contributed by atoms with Gasteiger partial charge in [-0.05, 0) is 26.0 Å². The number of ether oxygens (including phenoxy) is 1. The average Bonchev–Trinajstić information content (AvgIpc) is 2.23. The zero-order valence-electron chi connectivity index (χ0n) is 9.84. The first kappa shape index (κ1) is 13.8. The van der Waals surface area contributed by atoms with Crippen molar-refractivity contribution in [2.24, 2.45) is 0 Å². The van der Waals surface area contributed by atoms with Crippen molar-refractivity contribution in [2.45, 2.75) is 26.1 Å². The van der Waals surface area contributed by atoms with Crippen LogP contribution in [-0.2, 0) is 10.9 Å². The molecule has 0 unspecified atom stereocenters. The molecule has 1 rings (SSSR count). The molecule has 0 aliphatic carbocycles. The Balaban J connectivity index is 2.59. The molecule has 1 aromatic carbocycles. The highest BCUT2D eigenvalue weighted by molar-refractivity contribution is 5.52. The number of rotatable bonds is 5. The van der Waals surface area contributed by atoms with Gasteiger partial charge in [-0.2, -0.15) is 13.2 Å². The summed E-state index contributed by atoms with van der Waals surface area (Å²) in [6, 6.07) is 5.42. The first-order valence-electron chi connectivity index (χ1n) is 5.43. The molecule has 17 heavy (non-hydrogen) atoms. The van der Waals surface area contributed by atoms with Crippen molar-refractivity contribution in [3.05, 3.63) is 29.8 Å². The molecule has 1 N–H and O–H groups in total. The molecule has 0 aliphatic rings. The second-order valence-corrected chi connectivity index (χ2v) is 3.89. The Morgan fingerprint density at radius 2 is 1.88 bits per heavy atom. The monoisotopic (exact) mass is 247 g/mol. The van der Waals surface area contributed by atoms with Crippen molar-refractivity contribution in [1.82, 2.24) is 0 Å². The van der Waals surface area contributed by atoms with Crippen molar-refractivity contribution in [3.63, 3.8) is 0 Å². The third-order valence-electron chi connectivity index (χ3n) is 2.10. The van der Waals surface area contributed by atoms with E-state index in [1.165, 1.54) is 12.1 Å². The van der Waals surface area contributed by atoms with Gasteiger partial charge < -0.3 is 10.1 Å². The lowest BCUT2D eigenvalue weighted by Gasteiger charge is -2.14. The summed E-state index contributed by atoms with van der Waals surface area (Å²) >= 11 is 0. The minimum Gasteiger partial charge on any atom is -0.382 e. The molecule has 2 nitrogen and oxygen atoms in total. The molecule has 0 radical (unpaired) electrons. The van der Waals surface area contributed by atoms with E-state index in [4.69, 9.17) is 4.74 Å². The Bertz CT molecular complexity index is 350. The number of hydrogen-bond donors (Lipinski definition) is 1. The molecule has 0 saturated heterocycles. The van der Waals surface area contributed by atoms with Gasteiger partial charge in [0.15, 0.2) is 0 Å². The van der Waals surface area contributed by atoms with Gasteiger partial charge in [-0.3, -0.25) is 0 Å². The fraction of sp³-hybridized carbons (Fsp3) is 0.500. The fourth-order valence-corrected chi connectivity index (χ4v) is 1.36. The van der Waals surface area contributed by atoms with E-state index >= 15 is 0 Å². The first-order valence-corrected chi connectivity index (χ1v) is 5.43. The van der Waals surface area contributed by atoms with Gasteiger partial charge in [0.05, 0.1) is 18.3 Å². The quantitative estimate of drug-likeness (QED) is 0.803. The standard InChI is InChI=1S/C12H16F3NO/c1-9(2)17-8-7-16-11-6-4-3-5-10(11)12(13,14)15/h3-6,9,16H,7-8H2,1-2H3. The lowest BCUT2D eigenvalue weighted by Crippen LogP contribution is -2.16. The normalized spacial score (nSPS) is 11.9. The summed E-state index contributed by atoms with van der Waals surface area (Å²) in [6.45, 7) is 4.49. The van der Waals surface area contributed by atoms with Crippen LogP contribution in [0.3, 0.4) is 0 Å². The Morgan fingerprint density at radius 1 is 1.24 bits per heavy atom. The topological polar surface area (TPSA) is 21.3 Å². The first-order chi connectivity index (χ1) is 7.91. The van der Waals surface area contributed by atoms with Crippen LogP contribution in [0.4, 0.5) is 18.9 Å². The zero-order chi connectivity index (χ0) is 12.9. The maximum absolute atomic E-state index is 12.6. The summed E-state index contributed by atoms with van der Waals surface area (Å²) in [5.74, 6) is 0. The highest BCUT2D eigenvalue weighted by Crippen LogP contribution is 2.34. The number of halogens is 3. The molecule has 1 aromatic rings. The maximum atomic E-state index is 12.6. The predicted molar refractivity (Wildman–Crippen MR) is 61.0 cm³/mol. The molecule has 0 atom stereocenters. The van der Waals surface area contributed by atoms with Gasteiger partial charge in [0.1, 0.15) is 0 Å². The van der Waals surface area contributed by atoms with E-state index < -0.39 is 11.7 Å². The van der Waals surface area contributed by atoms with Gasteiger partial charge in [0.2, 0.25) is 0 Å². The third kappa shape index (κ3) is 4.65. The summed E-state index contributed by atoms with van der Waals surface area (Å²) in [6.07, 6.45) is -4.25. The van der Waals surface area contributed by atoms with Crippen molar-refractivity contribution in [3.8, 4) is 0 Å². The zero-order valence-corrected chi connectivity index (χ0v) is 9.84. The summed E-state index contributed by atoms with van der Waals surface area (Å²) in [4.78, 5) is 0. The van der Waals surface area contributed by atoms with E-state index in [-0.39, 0.29) is 11.8 Å². The number of alkyl halides is 3. The van der Waals surface area contributed by atoms with E-state index in [2.05, 4.69) is 5.32 Å². The smallest absolute Gasteiger partial charge is 0.382 e.